The van der Waals surface area contributed by atoms with Gasteiger partial charge in [-0.05, 0) is 38.8 Å². The van der Waals surface area contributed by atoms with E-state index in [4.69, 9.17) is 4.52 Å². The standard InChI is InChI=1S/C18H23N3O4S/c1-13-5-6-17(14(2)11-13)26(23,24)21-8-4-7-20(9-10-21)18(22)16-12-15(3)25-19-16/h5-6,11-12H,4,7-10H2,1-3H3. The first-order valence-electron chi connectivity index (χ1n) is 8.59. The Morgan fingerprint density at radius 2 is 1.85 bits per heavy atom. The number of benzene rings is 1. The second-order valence-corrected chi connectivity index (χ2v) is 8.55. The molecule has 0 spiro atoms. The molecule has 3 rings (SSSR count). The zero-order valence-corrected chi connectivity index (χ0v) is 16.0. The molecule has 7 nitrogen and oxygen atoms in total. The molecule has 2 aromatic rings. The molecule has 0 bridgehead atoms. The summed E-state index contributed by atoms with van der Waals surface area (Å²) in [6.07, 6.45) is 0.576. The van der Waals surface area contributed by atoms with E-state index in [0.717, 1.165) is 11.1 Å². The molecule has 1 saturated heterocycles. The van der Waals surface area contributed by atoms with Crippen LogP contribution in [0.25, 0.3) is 0 Å². The van der Waals surface area contributed by atoms with Gasteiger partial charge in [0, 0.05) is 32.2 Å². The lowest BCUT2D eigenvalue weighted by Crippen LogP contribution is -2.37. The summed E-state index contributed by atoms with van der Waals surface area (Å²) in [4.78, 5) is 14.5. The SMILES string of the molecule is Cc1ccc(S(=O)(=O)N2CCCN(C(=O)c3cc(C)on3)CC2)c(C)c1. The molecule has 0 saturated carbocycles. The lowest BCUT2D eigenvalue weighted by Gasteiger charge is -2.22. The molecule has 1 aromatic carbocycles. The van der Waals surface area contributed by atoms with Gasteiger partial charge in [-0.15, -0.1) is 0 Å². The zero-order chi connectivity index (χ0) is 18.9. The number of aryl methyl sites for hydroxylation is 3. The molecule has 1 amide bonds. The Bertz CT molecular complexity index is 920. The first-order valence-corrected chi connectivity index (χ1v) is 10.0. The number of hydrogen-bond acceptors (Lipinski definition) is 5. The summed E-state index contributed by atoms with van der Waals surface area (Å²) in [6, 6.07) is 6.93. The summed E-state index contributed by atoms with van der Waals surface area (Å²) < 4.78 is 32.5. The van der Waals surface area contributed by atoms with Gasteiger partial charge < -0.3 is 9.42 Å². The molecule has 140 valence electrons. The fourth-order valence-electron chi connectivity index (χ4n) is 3.19. The summed E-state index contributed by atoms with van der Waals surface area (Å²) in [5.41, 5.74) is 2.02. The Morgan fingerprint density at radius 1 is 1.08 bits per heavy atom. The number of nitrogens with zero attached hydrogens (tertiary/aromatic N) is 3. The Hall–Kier alpha value is -2.19. The van der Waals surface area contributed by atoms with Gasteiger partial charge in [0.25, 0.3) is 5.91 Å². The molecule has 0 aliphatic carbocycles. The minimum Gasteiger partial charge on any atom is -0.361 e. The number of carbonyl (C=O) groups excluding carboxylic acids is 1. The fourth-order valence-corrected chi connectivity index (χ4v) is 4.87. The first-order chi connectivity index (χ1) is 12.3. The highest BCUT2D eigenvalue weighted by Gasteiger charge is 2.30. The van der Waals surface area contributed by atoms with Crippen molar-refractivity contribution in [1.29, 1.82) is 0 Å². The van der Waals surface area contributed by atoms with Crippen LogP contribution < -0.4 is 0 Å². The predicted molar refractivity (Wildman–Crippen MR) is 96.4 cm³/mol. The van der Waals surface area contributed by atoms with Crippen molar-refractivity contribution in [3.05, 3.63) is 46.8 Å². The van der Waals surface area contributed by atoms with Gasteiger partial charge in [-0.1, -0.05) is 22.9 Å². The topological polar surface area (TPSA) is 83.7 Å². The van der Waals surface area contributed by atoms with E-state index in [1.807, 2.05) is 13.0 Å². The van der Waals surface area contributed by atoms with E-state index in [1.54, 1.807) is 36.9 Å². The van der Waals surface area contributed by atoms with Crippen molar-refractivity contribution in [3.63, 3.8) is 0 Å². The number of rotatable bonds is 3. The summed E-state index contributed by atoms with van der Waals surface area (Å²) in [5.74, 6) is 0.342. The summed E-state index contributed by atoms with van der Waals surface area (Å²) >= 11 is 0. The number of hydrogen-bond donors (Lipinski definition) is 0. The predicted octanol–water partition coefficient (Wildman–Crippen LogP) is 2.14. The molecule has 1 fully saturated rings. The van der Waals surface area contributed by atoms with E-state index in [1.165, 1.54) is 4.31 Å². The fraction of sp³-hybridized carbons (Fsp3) is 0.444. The highest BCUT2D eigenvalue weighted by Crippen LogP contribution is 2.22. The van der Waals surface area contributed by atoms with Crippen molar-refractivity contribution in [3.8, 4) is 0 Å². The third-order valence-corrected chi connectivity index (χ3v) is 6.60. The van der Waals surface area contributed by atoms with E-state index in [2.05, 4.69) is 5.16 Å². The van der Waals surface area contributed by atoms with Gasteiger partial charge in [0.2, 0.25) is 10.0 Å². The molecule has 0 N–H and O–H groups in total. The average Bonchev–Trinajstić information content (AvgIpc) is 2.86. The van der Waals surface area contributed by atoms with Crippen LogP contribution in [0.2, 0.25) is 0 Å². The van der Waals surface area contributed by atoms with Gasteiger partial charge in [0.1, 0.15) is 5.76 Å². The second kappa shape index (κ2) is 7.20. The largest absolute Gasteiger partial charge is 0.361 e. The molecule has 1 aliphatic heterocycles. The maximum absolute atomic E-state index is 13.0. The van der Waals surface area contributed by atoms with Gasteiger partial charge in [0.05, 0.1) is 4.90 Å². The minimum absolute atomic E-state index is 0.229. The van der Waals surface area contributed by atoms with Crippen LogP contribution in [0.5, 0.6) is 0 Å². The second-order valence-electron chi connectivity index (χ2n) is 6.64. The van der Waals surface area contributed by atoms with Gasteiger partial charge >= 0.3 is 0 Å². The van der Waals surface area contributed by atoms with Crippen molar-refractivity contribution in [2.45, 2.75) is 32.1 Å². The van der Waals surface area contributed by atoms with Gasteiger partial charge in [-0.2, -0.15) is 4.31 Å². The summed E-state index contributed by atoms with van der Waals surface area (Å²) in [5, 5.41) is 3.76. The number of carbonyl (C=O) groups is 1. The Kier molecular flexibility index (Phi) is 5.15. The van der Waals surface area contributed by atoms with E-state index in [9.17, 15) is 13.2 Å². The molecular weight excluding hydrogens is 354 g/mol. The molecule has 26 heavy (non-hydrogen) atoms. The Labute approximate surface area is 153 Å². The quantitative estimate of drug-likeness (QED) is 0.818. The van der Waals surface area contributed by atoms with Crippen LogP contribution in [0.15, 0.2) is 33.7 Å². The molecule has 8 heteroatoms. The van der Waals surface area contributed by atoms with Crippen LogP contribution in [-0.2, 0) is 10.0 Å². The maximum Gasteiger partial charge on any atom is 0.276 e. The summed E-state index contributed by atoms with van der Waals surface area (Å²) in [6.45, 7) is 6.93. The van der Waals surface area contributed by atoms with Crippen LogP contribution in [0.3, 0.4) is 0 Å². The van der Waals surface area contributed by atoms with Crippen molar-refractivity contribution >= 4 is 15.9 Å². The van der Waals surface area contributed by atoms with E-state index in [0.29, 0.717) is 36.7 Å². The van der Waals surface area contributed by atoms with Crippen LogP contribution in [0, 0.1) is 20.8 Å². The molecule has 0 atom stereocenters. The number of amides is 1. The lowest BCUT2D eigenvalue weighted by atomic mass is 10.2. The Morgan fingerprint density at radius 3 is 2.50 bits per heavy atom. The maximum atomic E-state index is 13.0. The van der Waals surface area contributed by atoms with Gasteiger partial charge in [-0.25, -0.2) is 8.42 Å². The highest BCUT2D eigenvalue weighted by molar-refractivity contribution is 7.89. The van der Waals surface area contributed by atoms with E-state index >= 15 is 0 Å². The van der Waals surface area contributed by atoms with Crippen molar-refractivity contribution in [2.75, 3.05) is 26.2 Å². The van der Waals surface area contributed by atoms with Crippen LogP contribution in [-0.4, -0.2) is 54.9 Å². The third kappa shape index (κ3) is 3.66. The van der Waals surface area contributed by atoms with Gasteiger partial charge in [0.15, 0.2) is 5.69 Å². The number of aromatic nitrogens is 1. The number of sulfonamides is 1. The van der Waals surface area contributed by atoms with Crippen molar-refractivity contribution < 1.29 is 17.7 Å². The molecule has 1 aromatic heterocycles. The van der Waals surface area contributed by atoms with Crippen molar-refractivity contribution in [2.24, 2.45) is 0 Å². The minimum atomic E-state index is -3.58. The average molecular weight is 377 g/mol. The third-order valence-electron chi connectivity index (χ3n) is 4.54. The van der Waals surface area contributed by atoms with E-state index in [-0.39, 0.29) is 18.1 Å². The van der Waals surface area contributed by atoms with Crippen LogP contribution >= 0.6 is 0 Å². The normalized spacial score (nSPS) is 16.5. The zero-order valence-electron chi connectivity index (χ0n) is 15.2. The Balaban J connectivity index is 1.76. The molecule has 0 unspecified atom stereocenters. The highest BCUT2D eigenvalue weighted by atomic mass is 32.2. The molecule has 2 heterocycles. The van der Waals surface area contributed by atoms with Gasteiger partial charge in [-0.3, -0.25) is 4.79 Å². The lowest BCUT2D eigenvalue weighted by molar-refractivity contribution is 0.0754. The molecule has 1 aliphatic rings. The van der Waals surface area contributed by atoms with E-state index < -0.39 is 10.0 Å². The molecular formula is C18H23N3O4S. The molecule has 0 radical (unpaired) electrons. The first kappa shape index (κ1) is 18.6. The summed E-state index contributed by atoms with van der Waals surface area (Å²) in [7, 11) is -3.58. The van der Waals surface area contributed by atoms with Crippen molar-refractivity contribution in [1.82, 2.24) is 14.4 Å². The van der Waals surface area contributed by atoms with Crippen LogP contribution in [0.4, 0.5) is 0 Å². The monoisotopic (exact) mass is 377 g/mol. The van der Waals surface area contributed by atoms with Crippen LogP contribution in [0.1, 0.15) is 33.8 Å². The smallest absolute Gasteiger partial charge is 0.276 e.